The Morgan fingerprint density at radius 3 is 2.52 bits per heavy atom. The first kappa shape index (κ1) is 17.5. The number of fused-ring (bicyclic) bond motifs is 1. The van der Waals surface area contributed by atoms with E-state index in [1.807, 2.05) is 0 Å². The third-order valence-electron chi connectivity index (χ3n) is 4.88. The first-order chi connectivity index (χ1) is 12.2. The molecule has 0 fully saturated rings. The average molecular weight is 333 g/mol. The van der Waals surface area contributed by atoms with Gasteiger partial charge in [0.2, 0.25) is 0 Å². The normalized spacial score (nSPS) is 12.3. The second-order valence-electron chi connectivity index (χ2n) is 6.67. The van der Waals surface area contributed by atoms with Gasteiger partial charge in [-0.3, -0.25) is 0 Å². The van der Waals surface area contributed by atoms with Crippen LogP contribution in [0.3, 0.4) is 0 Å². The zero-order valence-electron chi connectivity index (χ0n) is 15.4. The fourth-order valence-electron chi connectivity index (χ4n) is 2.98. The van der Waals surface area contributed by atoms with Gasteiger partial charge in [-0.1, -0.05) is 61.5 Å². The van der Waals surface area contributed by atoms with Crippen LogP contribution in [0.2, 0.25) is 0 Å². The molecule has 0 spiro atoms. The third kappa shape index (κ3) is 4.21. The molecule has 25 heavy (non-hydrogen) atoms. The smallest absolute Gasteiger partial charge is 0.124 e. The molecule has 0 amide bonds. The van der Waals surface area contributed by atoms with Crippen LogP contribution in [0.5, 0.6) is 5.75 Å². The largest absolute Gasteiger partial charge is 0.489 e. The first-order valence-corrected chi connectivity index (χ1v) is 9.10. The molecule has 2 heteroatoms. The van der Waals surface area contributed by atoms with Gasteiger partial charge in [0.15, 0.2) is 0 Å². The molecule has 1 atom stereocenters. The standard InChI is InChI=1S/C23H27NO/c1-4-18(3)24-15-22-21-12-8-7-10-19(21)13-14-23(22)25-16-20-11-6-5-9-17(20)2/h5-14,18,24H,4,15-16H2,1-3H3/t18-/m0/s1. The van der Waals surface area contributed by atoms with E-state index in [4.69, 9.17) is 4.74 Å². The van der Waals surface area contributed by atoms with Crippen molar-refractivity contribution in [3.63, 3.8) is 0 Å². The Balaban J connectivity index is 1.89. The van der Waals surface area contributed by atoms with Crippen LogP contribution in [-0.2, 0) is 13.2 Å². The predicted octanol–water partition coefficient (Wildman–Crippen LogP) is 5.62. The highest BCUT2D eigenvalue weighted by Gasteiger charge is 2.10. The van der Waals surface area contributed by atoms with E-state index in [0.717, 1.165) is 18.7 Å². The van der Waals surface area contributed by atoms with Crippen molar-refractivity contribution in [3.8, 4) is 5.75 Å². The maximum atomic E-state index is 6.24. The minimum Gasteiger partial charge on any atom is -0.489 e. The Hall–Kier alpha value is -2.32. The highest BCUT2D eigenvalue weighted by atomic mass is 16.5. The Morgan fingerprint density at radius 1 is 0.960 bits per heavy atom. The van der Waals surface area contributed by atoms with E-state index in [1.165, 1.54) is 27.5 Å². The van der Waals surface area contributed by atoms with Crippen LogP contribution in [0.4, 0.5) is 0 Å². The summed E-state index contributed by atoms with van der Waals surface area (Å²) < 4.78 is 6.24. The Kier molecular flexibility index (Phi) is 5.72. The SMILES string of the molecule is CC[C@H](C)NCc1c(OCc2ccccc2C)ccc2ccccc12. The lowest BCUT2D eigenvalue weighted by Crippen LogP contribution is -2.24. The zero-order valence-corrected chi connectivity index (χ0v) is 15.4. The van der Waals surface area contributed by atoms with Crippen LogP contribution in [0.1, 0.15) is 37.0 Å². The van der Waals surface area contributed by atoms with Gasteiger partial charge < -0.3 is 10.1 Å². The number of hydrogen-bond donors (Lipinski definition) is 1. The molecule has 3 aromatic carbocycles. The molecule has 0 radical (unpaired) electrons. The van der Waals surface area contributed by atoms with Crippen molar-refractivity contribution in [1.82, 2.24) is 5.32 Å². The highest BCUT2D eigenvalue weighted by molar-refractivity contribution is 5.87. The van der Waals surface area contributed by atoms with E-state index in [-0.39, 0.29) is 0 Å². The summed E-state index contributed by atoms with van der Waals surface area (Å²) in [4.78, 5) is 0. The summed E-state index contributed by atoms with van der Waals surface area (Å²) in [6.45, 7) is 7.97. The number of aryl methyl sites for hydroxylation is 1. The summed E-state index contributed by atoms with van der Waals surface area (Å²) in [6.07, 6.45) is 1.12. The van der Waals surface area contributed by atoms with E-state index in [9.17, 15) is 0 Å². The molecule has 130 valence electrons. The molecule has 1 N–H and O–H groups in total. The van der Waals surface area contributed by atoms with Gasteiger partial charge in [-0.15, -0.1) is 0 Å². The van der Waals surface area contributed by atoms with Crippen molar-refractivity contribution in [2.45, 2.75) is 46.4 Å². The summed E-state index contributed by atoms with van der Waals surface area (Å²) in [5.74, 6) is 0.970. The zero-order chi connectivity index (χ0) is 17.6. The molecule has 0 saturated heterocycles. The minimum absolute atomic E-state index is 0.489. The predicted molar refractivity (Wildman–Crippen MR) is 106 cm³/mol. The molecule has 3 rings (SSSR count). The van der Waals surface area contributed by atoms with Gasteiger partial charge in [-0.25, -0.2) is 0 Å². The first-order valence-electron chi connectivity index (χ1n) is 9.10. The van der Waals surface area contributed by atoms with Crippen molar-refractivity contribution in [2.75, 3.05) is 0 Å². The van der Waals surface area contributed by atoms with Crippen molar-refractivity contribution >= 4 is 10.8 Å². The molecule has 0 unspecified atom stereocenters. The van der Waals surface area contributed by atoms with Crippen LogP contribution in [0, 0.1) is 6.92 Å². The second kappa shape index (κ2) is 8.17. The molecular formula is C23H27NO. The van der Waals surface area contributed by atoms with E-state index >= 15 is 0 Å². The fraction of sp³-hybridized carbons (Fsp3) is 0.304. The molecule has 0 bridgehead atoms. The van der Waals surface area contributed by atoms with Crippen LogP contribution >= 0.6 is 0 Å². The average Bonchev–Trinajstić information content (AvgIpc) is 2.65. The van der Waals surface area contributed by atoms with Crippen molar-refractivity contribution < 1.29 is 4.74 Å². The van der Waals surface area contributed by atoms with Gasteiger partial charge in [0.25, 0.3) is 0 Å². The van der Waals surface area contributed by atoms with Gasteiger partial charge >= 0.3 is 0 Å². The molecule has 0 aliphatic rings. The van der Waals surface area contributed by atoms with E-state index in [2.05, 4.69) is 86.8 Å². The summed E-state index contributed by atoms with van der Waals surface area (Å²) in [5, 5.41) is 6.13. The topological polar surface area (TPSA) is 21.3 Å². The third-order valence-corrected chi connectivity index (χ3v) is 4.88. The number of hydrogen-bond acceptors (Lipinski definition) is 2. The Morgan fingerprint density at radius 2 is 1.72 bits per heavy atom. The number of nitrogens with one attached hydrogen (secondary N) is 1. The van der Waals surface area contributed by atoms with Gasteiger partial charge in [-0.05, 0) is 48.2 Å². The number of rotatable bonds is 7. The summed E-state index contributed by atoms with van der Waals surface area (Å²) in [5.41, 5.74) is 3.74. The van der Waals surface area contributed by atoms with Crippen molar-refractivity contribution in [1.29, 1.82) is 0 Å². The molecule has 0 saturated carbocycles. The lowest BCUT2D eigenvalue weighted by atomic mass is 10.0. The van der Waals surface area contributed by atoms with Gasteiger partial charge in [-0.2, -0.15) is 0 Å². The molecule has 3 aromatic rings. The van der Waals surface area contributed by atoms with Crippen LogP contribution in [0.15, 0.2) is 60.7 Å². The van der Waals surface area contributed by atoms with Gasteiger partial charge in [0.05, 0.1) is 0 Å². The maximum Gasteiger partial charge on any atom is 0.124 e. The molecule has 0 heterocycles. The summed E-state index contributed by atoms with van der Waals surface area (Å²) in [7, 11) is 0. The van der Waals surface area contributed by atoms with Crippen molar-refractivity contribution in [3.05, 3.63) is 77.4 Å². The number of ether oxygens (including phenoxy) is 1. The van der Waals surface area contributed by atoms with E-state index in [0.29, 0.717) is 12.6 Å². The van der Waals surface area contributed by atoms with Crippen LogP contribution < -0.4 is 10.1 Å². The lowest BCUT2D eigenvalue weighted by molar-refractivity contribution is 0.301. The highest BCUT2D eigenvalue weighted by Crippen LogP contribution is 2.29. The van der Waals surface area contributed by atoms with Gasteiger partial charge in [0.1, 0.15) is 12.4 Å². The monoisotopic (exact) mass is 333 g/mol. The van der Waals surface area contributed by atoms with Crippen molar-refractivity contribution in [2.24, 2.45) is 0 Å². The summed E-state index contributed by atoms with van der Waals surface area (Å²) in [6, 6.07) is 21.7. The second-order valence-corrected chi connectivity index (χ2v) is 6.67. The van der Waals surface area contributed by atoms with Gasteiger partial charge in [0, 0.05) is 18.2 Å². The van der Waals surface area contributed by atoms with Crippen LogP contribution in [0.25, 0.3) is 10.8 Å². The fourth-order valence-corrected chi connectivity index (χ4v) is 2.98. The quantitative estimate of drug-likeness (QED) is 0.606. The molecule has 2 nitrogen and oxygen atoms in total. The van der Waals surface area contributed by atoms with E-state index in [1.54, 1.807) is 0 Å². The Labute approximate surface area is 150 Å². The molecular weight excluding hydrogens is 306 g/mol. The number of benzene rings is 3. The molecule has 0 aromatic heterocycles. The van der Waals surface area contributed by atoms with E-state index < -0.39 is 0 Å². The Bertz CT molecular complexity index is 840. The summed E-state index contributed by atoms with van der Waals surface area (Å²) >= 11 is 0. The van der Waals surface area contributed by atoms with Crippen LogP contribution in [-0.4, -0.2) is 6.04 Å². The minimum atomic E-state index is 0.489. The molecule has 0 aliphatic heterocycles. The maximum absolute atomic E-state index is 6.24. The lowest BCUT2D eigenvalue weighted by Gasteiger charge is -2.18. The molecule has 0 aliphatic carbocycles.